The molecule has 18 heavy (non-hydrogen) atoms. The van der Waals surface area contributed by atoms with Gasteiger partial charge in [-0.2, -0.15) is 21.0 Å². The van der Waals surface area contributed by atoms with E-state index >= 15 is 0 Å². The minimum atomic E-state index is -4.04. The largest absolute Gasteiger partial charge is 0.285 e. The van der Waals surface area contributed by atoms with E-state index in [4.69, 9.17) is 0 Å². The van der Waals surface area contributed by atoms with Crippen LogP contribution >= 0.6 is 12.6 Å². The summed E-state index contributed by atoms with van der Waals surface area (Å²) < 4.78 is 31.8. The van der Waals surface area contributed by atoms with Crippen LogP contribution in [0.2, 0.25) is 0 Å². The number of thiol groups is 1. The molecule has 1 atom stereocenters. The van der Waals surface area contributed by atoms with Gasteiger partial charge in [0, 0.05) is 0 Å². The van der Waals surface area contributed by atoms with Crippen molar-refractivity contribution in [2.75, 3.05) is 5.75 Å². The van der Waals surface area contributed by atoms with Crippen LogP contribution in [-0.2, 0) is 10.1 Å². The van der Waals surface area contributed by atoms with Crippen LogP contribution in [0.5, 0.6) is 0 Å². The second kappa shape index (κ2) is 6.97. The average molecular weight is 286 g/mol. The monoisotopic (exact) mass is 286 g/mol. The lowest BCUT2D eigenvalue weighted by Crippen LogP contribution is -2.21. The Kier molecular flexibility index (Phi) is 5.91. The van der Waals surface area contributed by atoms with Gasteiger partial charge in [-0.25, -0.2) is 0 Å². The van der Waals surface area contributed by atoms with E-state index in [1.54, 1.807) is 0 Å². The first-order valence-electron chi connectivity index (χ1n) is 5.75. The summed E-state index contributed by atoms with van der Waals surface area (Å²) in [4.78, 5) is 0. The maximum absolute atomic E-state index is 11.3. The third kappa shape index (κ3) is 4.84. The topological polar surface area (TPSA) is 54.4 Å². The predicted molar refractivity (Wildman–Crippen MR) is 78.5 cm³/mol. The van der Waals surface area contributed by atoms with Crippen LogP contribution in [0.15, 0.2) is 36.9 Å². The maximum Gasteiger partial charge on any atom is 0.268 e. The first-order chi connectivity index (χ1) is 8.45. The van der Waals surface area contributed by atoms with Crippen molar-refractivity contribution < 1.29 is 13.0 Å². The Morgan fingerprint density at radius 2 is 1.94 bits per heavy atom. The van der Waals surface area contributed by atoms with E-state index in [-0.39, 0.29) is 6.42 Å². The molecule has 5 heteroatoms. The minimum Gasteiger partial charge on any atom is -0.285 e. The Morgan fingerprint density at radius 1 is 1.33 bits per heavy atom. The zero-order valence-corrected chi connectivity index (χ0v) is 11.8. The second-order valence-electron chi connectivity index (χ2n) is 4.18. The molecular weight excluding hydrogens is 268 g/mol. The molecule has 0 heterocycles. The smallest absolute Gasteiger partial charge is 0.268 e. The van der Waals surface area contributed by atoms with Crippen molar-refractivity contribution in [1.82, 2.24) is 0 Å². The molecule has 1 rings (SSSR count). The molecule has 0 saturated heterocycles. The van der Waals surface area contributed by atoms with Crippen LogP contribution in [-0.4, -0.2) is 24.0 Å². The molecule has 0 aliphatic rings. The molecule has 1 aromatic carbocycles. The van der Waals surface area contributed by atoms with Gasteiger partial charge in [-0.15, -0.1) is 0 Å². The summed E-state index contributed by atoms with van der Waals surface area (Å²) in [5.41, 5.74) is 1.62. The first kappa shape index (κ1) is 15.3. The molecule has 0 saturated carbocycles. The van der Waals surface area contributed by atoms with E-state index in [1.165, 1.54) is 0 Å². The van der Waals surface area contributed by atoms with E-state index in [9.17, 15) is 13.0 Å². The first-order valence-corrected chi connectivity index (χ1v) is 7.89. The molecule has 0 aromatic heterocycles. The second-order valence-corrected chi connectivity index (χ2v) is 6.32. The summed E-state index contributed by atoms with van der Waals surface area (Å²) >= 11 is 4.05. The summed E-state index contributed by atoms with van der Waals surface area (Å²) in [6, 6.07) is 9.38. The number of hydrogen-bond acceptors (Lipinski definition) is 3. The third-order valence-electron chi connectivity index (χ3n) is 2.76. The Labute approximate surface area is 114 Å². The lowest BCUT2D eigenvalue weighted by Gasteiger charge is -2.15. The fourth-order valence-electron chi connectivity index (χ4n) is 1.74. The summed E-state index contributed by atoms with van der Waals surface area (Å²) in [6.07, 6.45) is 1.29. The molecular formula is C13H18O3S2. The fraction of sp³-hybridized carbons (Fsp3) is 0.385. The molecule has 1 N–H and O–H groups in total. The lowest BCUT2D eigenvalue weighted by molar-refractivity contribution is 0.461. The van der Waals surface area contributed by atoms with Gasteiger partial charge in [-0.1, -0.05) is 36.9 Å². The van der Waals surface area contributed by atoms with Gasteiger partial charge < -0.3 is 0 Å². The van der Waals surface area contributed by atoms with E-state index in [2.05, 4.69) is 19.2 Å². The SMILES string of the molecule is C=C(CC(CCCS)S(=O)(=O)O)c1ccccc1. The zero-order chi connectivity index (χ0) is 13.6. The van der Waals surface area contributed by atoms with Crippen molar-refractivity contribution in [3.63, 3.8) is 0 Å². The van der Waals surface area contributed by atoms with Crippen LogP contribution in [0.1, 0.15) is 24.8 Å². The van der Waals surface area contributed by atoms with E-state index in [1.807, 2.05) is 30.3 Å². The standard InChI is InChI=1S/C13H18O3S2/c1-11(12-6-3-2-4-7-12)10-13(8-5-9-17)18(14,15)16/h2-4,6-7,13,17H,1,5,8-10H2,(H,14,15,16). The summed E-state index contributed by atoms with van der Waals surface area (Å²) in [6.45, 7) is 3.89. The number of allylic oxidation sites excluding steroid dienone is 1. The Bertz CT molecular complexity index is 480. The number of rotatable bonds is 7. The highest BCUT2D eigenvalue weighted by Gasteiger charge is 2.23. The van der Waals surface area contributed by atoms with Gasteiger partial charge in [-0.05, 0) is 36.2 Å². The van der Waals surface area contributed by atoms with Crippen molar-refractivity contribution >= 4 is 28.3 Å². The summed E-state index contributed by atoms with van der Waals surface area (Å²) in [5.74, 6) is 0.601. The van der Waals surface area contributed by atoms with Crippen molar-refractivity contribution in [1.29, 1.82) is 0 Å². The predicted octanol–water partition coefficient (Wildman–Crippen LogP) is 3.06. The van der Waals surface area contributed by atoms with Gasteiger partial charge in [-0.3, -0.25) is 4.55 Å². The van der Waals surface area contributed by atoms with Crippen LogP contribution in [0.4, 0.5) is 0 Å². The van der Waals surface area contributed by atoms with E-state index in [0.717, 1.165) is 11.1 Å². The molecule has 0 aliphatic heterocycles. The fourth-order valence-corrected chi connectivity index (χ4v) is 2.80. The summed E-state index contributed by atoms with van der Waals surface area (Å²) in [5, 5.41) is -0.794. The van der Waals surface area contributed by atoms with Crippen molar-refractivity contribution in [3.05, 3.63) is 42.5 Å². The van der Waals surface area contributed by atoms with Crippen LogP contribution < -0.4 is 0 Å². The Morgan fingerprint density at radius 3 is 2.44 bits per heavy atom. The summed E-state index contributed by atoms with van der Waals surface area (Å²) in [7, 11) is -4.04. The van der Waals surface area contributed by atoms with Gasteiger partial charge in [0.1, 0.15) is 0 Å². The molecule has 0 amide bonds. The molecule has 3 nitrogen and oxygen atoms in total. The highest BCUT2D eigenvalue weighted by atomic mass is 32.2. The van der Waals surface area contributed by atoms with Gasteiger partial charge >= 0.3 is 0 Å². The molecule has 100 valence electrons. The van der Waals surface area contributed by atoms with Crippen molar-refractivity contribution in [2.45, 2.75) is 24.5 Å². The number of benzene rings is 1. The molecule has 0 spiro atoms. The van der Waals surface area contributed by atoms with Crippen LogP contribution in [0.25, 0.3) is 5.57 Å². The van der Waals surface area contributed by atoms with Crippen LogP contribution in [0, 0.1) is 0 Å². The zero-order valence-electron chi connectivity index (χ0n) is 10.1. The number of hydrogen-bond donors (Lipinski definition) is 2. The third-order valence-corrected chi connectivity index (χ3v) is 4.32. The highest BCUT2D eigenvalue weighted by molar-refractivity contribution is 7.86. The average Bonchev–Trinajstić information content (AvgIpc) is 2.34. The van der Waals surface area contributed by atoms with Gasteiger partial charge in [0.25, 0.3) is 10.1 Å². The molecule has 0 bridgehead atoms. The minimum absolute atomic E-state index is 0.247. The quantitative estimate of drug-likeness (QED) is 0.598. The van der Waals surface area contributed by atoms with E-state index < -0.39 is 15.4 Å². The lowest BCUT2D eigenvalue weighted by atomic mass is 10.0. The molecule has 0 radical (unpaired) electrons. The molecule has 1 aromatic rings. The van der Waals surface area contributed by atoms with Gasteiger partial charge in [0.15, 0.2) is 0 Å². The Hall–Kier alpha value is -0.780. The van der Waals surface area contributed by atoms with Crippen molar-refractivity contribution in [2.24, 2.45) is 0 Å². The van der Waals surface area contributed by atoms with E-state index in [0.29, 0.717) is 18.6 Å². The molecule has 0 fully saturated rings. The normalized spacial score (nSPS) is 13.2. The highest BCUT2D eigenvalue weighted by Crippen LogP contribution is 2.23. The Balaban J connectivity index is 2.75. The molecule has 1 unspecified atom stereocenters. The van der Waals surface area contributed by atoms with Crippen LogP contribution in [0.3, 0.4) is 0 Å². The molecule has 0 aliphatic carbocycles. The maximum atomic E-state index is 11.3. The van der Waals surface area contributed by atoms with Gasteiger partial charge in [0.05, 0.1) is 5.25 Å². The van der Waals surface area contributed by atoms with Crippen molar-refractivity contribution in [3.8, 4) is 0 Å². The van der Waals surface area contributed by atoms with Gasteiger partial charge in [0.2, 0.25) is 0 Å².